The zero-order valence-corrected chi connectivity index (χ0v) is 13.7. The van der Waals surface area contributed by atoms with Crippen LogP contribution in [0.4, 0.5) is 4.79 Å². The summed E-state index contributed by atoms with van der Waals surface area (Å²) in [6, 6.07) is -0.602. The summed E-state index contributed by atoms with van der Waals surface area (Å²) in [5.74, 6) is -1.05. The number of nitrogens with zero attached hydrogens (tertiary/aromatic N) is 2. The summed E-state index contributed by atoms with van der Waals surface area (Å²) in [5.41, 5.74) is -2.48. The van der Waals surface area contributed by atoms with Crippen molar-refractivity contribution in [2.24, 2.45) is 5.92 Å². The summed E-state index contributed by atoms with van der Waals surface area (Å²) in [6.07, 6.45) is 1.05. The maximum absolute atomic E-state index is 12.7. The van der Waals surface area contributed by atoms with E-state index in [2.05, 4.69) is 24.1 Å². The van der Waals surface area contributed by atoms with Crippen LogP contribution < -0.4 is 5.32 Å². The third-order valence-electron chi connectivity index (χ3n) is 4.58. The molecule has 2 aliphatic heterocycles. The van der Waals surface area contributed by atoms with Gasteiger partial charge in [-0.2, -0.15) is 0 Å². The van der Waals surface area contributed by atoms with Crippen LogP contribution in [0.2, 0.25) is 0 Å². The fourth-order valence-electron chi connectivity index (χ4n) is 3.20. The second-order valence-corrected chi connectivity index (χ2v) is 7.21. The largest absolute Gasteiger partial charge is 0.480 e. The Morgan fingerprint density at radius 3 is 2.32 bits per heavy atom. The minimum atomic E-state index is -1.54. The smallest absolute Gasteiger partial charge is 0.329 e. The molecule has 3 amide bonds. The number of carboxylic acid groups (broad SMARTS) is 1. The van der Waals surface area contributed by atoms with Crippen LogP contribution in [-0.2, 0) is 9.59 Å². The number of rotatable bonds is 4. The van der Waals surface area contributed by atoms with Gasteiger partial charge in [0, 0.05) is 19.6 Å². The summed E-state index contributed by atoms with van der Waals surface area (Å²) in [7, 11) is 0. The van der Waals surface area contributed by atoms with Crippen molar-refractivity contribution >= 4 is 17.9 Å². The lowest BCUT2D eigenvalue weighted by molar-refractivity contribution is -0.154. The van der Waals surface area contributed by atoms with Crippen molar-refractivity contribution in [1.82, 2.24) is 15.1 Å². The van der Waals surface area contributed by atoms with E-state index in [-0.39, 0.29) is 0 Å². The van der Waals surface area contributed by atoms with Gasteiger partial charge in [-0.25, -0.2) is 14.5 Å². The standard InChI is InChI=1S/C15H25N3O4/c1-10(2)9-17-7-5-15(6-8-17)11(19)18(13(22)16-15)14(3,4)12(20)21/h10H,5-9H2,1-4H3,(H,16,22)(H,20,21). The molecule has 0 aromatic carbocycles. The molecule has 0 aromatic heterocycles. The highest BCUT2D eigenvalue weighted by Gasteiger charge is 2.57. The van der Waals surface area contributed by atoms with Crippen molar-refractivity contribution in [2.45, 2.75) is 51.6 Å². The first kappa shape index (κ1) is 16.7. The monoisotopic (exact) mass is 311 g/mol. The van der Waals surface area contributed by atoms with Crippen LogP contribution in [0.5, 0.6) is 0 Å². The van der Waals surface area contributed by atoms with Gasteiger partial charge in [0.05, 0.1) is 0 Å². The molecule has 2 fully saturated rings. The third-order valence-corrected chi connectivity index (χ3v) is 4.58. The minimum Gasteiger partial charge on any atom is -0.480 e. The maximum Gasteiger partial charge on any atom is 0.329 e. The number of hydrogen-bond acceptors (Lipinski definition) is 4. The fourth-order valence-corrected chi connectivity index (χ4v) is 3.20. The topological polar surface area (TPSA) is 90.0 Å². The number of piperidine rings is 1. The van der Waals surface area contributed by atoms with Gasteiger partial charge in [-0.3, -0.25) is 4.79 Å². The lowest BCUT2D eigenvalue weighted by atomic mass is 9.86. The average Bonchev–Trinajstić information content (AvgIpc) is 2.63. The Morgan fingerprint density at radius 1 is 1.32 bits per heavy atom. The Kier molecular flexibility index (Phi) is 4.21. The molecule has 0 aromatic rings. The van der Waals surface area contributed by atoms with E-state index < -0.39 is 29.0 Å². The van der Waals surface area contributed by atoms with Crippen molar-refractivity contribution in [3.05, 3.63) is 0 Å². The van der Waals surface area contributed by atoms with E-state index >= 15 is 0 Å². The Morgan fingerprint density at radius 2 is 1.86 bits per heavy atom. The number of amides is 3. The van der Waals surface area contributed by atoms with E-state index in [0.717, 1.165) is 24.5 Å². The molecule has 2 rings (SSSR count). The summed E-state index contributed by atoms with van der Waals surface area (Å²) in [6.45, 7) is 9.45. The summed E-state index contributed by atoms with van der Waals surface area (Å²) < 4.78 is 0. The molecule has 0 saturated carbocycles. The molecule has 0 aliphatic carbocycles. The second kappa shape index (κ2) is 5.53. The third kappa shape index (κ3) is 2.69. The zero-order chi connectivity index (χ0) is 16.7. The lowest BCUT2D eigenvalue weighted by Crippen LogP contribution is -2.57. The number of carbonyl (C=O) groups is 3. The molecule has 2 heterocycles. The van der Waals surface area contributed by atoms with Crippen molar-refractivity contribution in [2.75, 3.05) is 19.6 Å². The van der Waals surface area contributed by atoms with Crippen LogP contribution in [0.1, 0.15) is 40.5 Å². The Hall–Kier alpha value is -1.63. The molecule has 22 heavy (non-hydrogen) atoms. The van der Waals surface area contributed by atoms with Gasteiger partial charge in [-0.15, -0.1) is 0 Å². The number of likely N-dealkylation sites (tertiary alicyclic amines) is 1. The predicted molar refractivity (Wildman–Crippen MR) is 80.3 cm³/mol. The normalized spacial score (nSPS) is 22.5. The van der Waals surface area contributed by atoms with Crippen molar-refractivity contribution in [1.29, 1.82) is 0 Å². The number of nitrogens with one attached hydrogen (secondary N) is 1. The molecule has 2 aliphatic rings. The van der Waals surface area contributed by atoms with E-state index in [4.69, 9.17) is 0 Å². The number of urea groups is 1. The zero-order valence-electron chi connectivity index (χ0n) is 13.7. The molecule has 0 unspecified atom stereocenters. The SMILES string of the molecule is CC(C)CN1CCC2(CC1)NC(=O)N(C(C)(C)C(=O)O)C2=O. The van der Waals surface area contributed by atoms with Crippen LogP contribution in [0.3, 0.4) is 0 Å². The quantitative estimate of drug-likeness (QED) is 0.753. The van der Waals surface area contributed by atoms with Gasteiger partial charge in [0.2, 0.25) is 0 Å². The van der Waals surface area contributed by atoms with Crippen LogP contribution in [0.15, 0.2) is 0 Å². The molecule has 0 atom stereocenters. The number of carbonyl (C=O) groups excluding carboxylic acids is 2. The number of carboxylic acids is 1. The summed E-state index contributed by atoms with van der Waals surface area (Å²) in [5, 5.41) is 12.0. The molecule has 7 nitrogen and oxygen atoms in total. The van der Waals surface area contributed by atoms with E-state index in [1.807, 2.05) is 0 Å². The van der Waals surface area contributed by atoms with Crippen LogP contribution in [0.25, 0.3) is 0 Å². The van der Waals surface area contributed by atoms with Crippen molar-refractivity contribution < 1.29 is 19.5 Å². The van der Waals surface area contributed by atoms with Crippen molar-refractivity contribution in [3.8, 4) is 0 Å². The highest BCUT2D eigenvalue weighted by molar-refractivity contribution is 6.10. The Balaban J connectivity index is 2.14. The van der Waals surface area contributed by atoms with E-state index in [1.54, 1.807) is 0 Å². The molecule has 0 radical (unpaired) electrons. The highest BCUT2D eigenvalue weighted by atomic mass is 16.4. The number of imide groups is 1. The highest BCUT2D eigenvalue weighted by Crippen LogP contribution is 2.33. The lowest BCUT2D eigenvalue weighted by Gasteiger charge is -2.38. The first-order valence-corrected chi connectivity index (χ1v) is 7.73. The van der Waals surface area contributed by atoms with Gasteiger partial charge in [0.25, 0.3) is 5.91 Å². The van der Waals surface area contributed by atoms with Gasteiger partial charge in [-0.1, -0.05) is 13.8 Å². The summed E-state index contributed by atoms with van der Waals surface area (Å²) >= 11 is 0. The van der Waals surface area contributed by atoms with E-state index in [1.165, 1.54) is 13.8 Å². The second-order valence-electron chi connectivity index (χ2n) is 7.21. The van der Waals surface area contributed by atoms with E-state index in [9.17, 15) is 19.5 Å². The Bertz CT molecular complexity index is 493. The Labute approximate surface area is 130 Å². The van der Waals surface area contributed by atoms with Gasteiger partial charge in [0.15, 0.2) is 0 Å². The minimum absolute atomic E-state index is 0.408. The predicted octanol–water partition coefficient (Wildman–Crippen LogP) is 0.892. The van der Waals surface area contributed by atoms with Gasteiger partial charge < -0.3 is 15.3 Å². The molecule has 1 spiro atoms. The summed E-state index contributed by atoms with van der Waals surface area (Å²) in [4.78, 5) is 39.4. The number of aliphatic carboxylic acids is 1. The first-order chi connectivity index (χ1) is 10.1. The van der Waals surface area contributed by atoms with Crippen LogP contribution in [0, 0.1) is 5.92 Å². The molecular weight excluding hydrogens is 286 g/mol. The molecule has 124 valence electrons. The average molecular weight is 311 g/mol. The molecular formula is C15H25N3O4. The molecule has 2 N–H and O–H groups in total. The van der Waals surface area contributed by atoms with Gasteiger partial charge in [0.1, 0.15) is 11.1 Å². The van der Waals surface area contributed by atoms with Gasteiger partial charge in [-0.05, 0) is 32.6 Å². The maximum atomic E-state index is 12.7. The van der Waals surface area contributed by atoms with Crippen LogP contribution in [-0.4, -0.2) is 63.5 Å². The van der Waals surface area contributed by atoms with Crippen molar-refractivity contribution in [3.63, 3.8) is 0 Å². The molecule has 7 heteroatoms. The fraction of sp³-hybridized carbons (Fsp3) is 0.800. The molecule has 0 bridgehead atoms. The van der Waals surface area contributed by atoms with E-state index in [0.29, 0.717) is 18.8 Å². The number of hydrogen-bond donors (Lipinski definition) is 2. The first-order valence-electron chi connectivity index (χ1n) is 7.73. The van der Waals surface area contributed by atoms with Gasteiger partial charge >= 0.3 is 12.0 Å². The molecule has 2 saturated heterocycles. The van der Waals surface area contributed by atoms with Crippen LogP contribution >= 0.6 is 0 Å².